The third kappa shape index (κ3) is 4.28. The monoisotopic (exact) mass is 416 g/mol. The molecule has 0 spiro atoms. The largest absolute Gasteiger partial charge is 0.495 e. The Bertz CT molecular complexity index is 922. The minimum atomic E-state index is -0.744. The number of nitrogens with zero attached hydrogens (tertiary/aromatic N) is 5. The van der Waals surface area contributed by atoms with E-state index in [4.69, 9.17) is 4.74 Å². The van der Waals surface area contributed by atoms with Gasteiger partial charge in [0.25, 0.3) is 0 Å². The highest BCUT2D eigenvalue weighted by atomic mass is 16.5. The Kier molecular flexibility index (Phi) is 6.06. The number of hydrogen-bond acceptors (Lipinski definition) is 7. The third-order valence-corrected chi connectivity index (χ3v) is 5.18. The fourth-order valence-corrected chi connectivity index (χ4v) is 3.72. The number of nitrogens with one attached hydrogen (secondary N) is 1. The van der Waals surface area contributed by atoms with Gasteiger partial charge in [0, 0.05) is 31.8 Å². The highest BCUT2D eigenvalue weighted by Gasteiger charge is 2.45. The summed E-state index contributed by atoms with van der Waals surface area (Å²) in [6.07, 6.45) is 4.38. The van der Waals surface area contributed by atoms with Crippen LogP contribution in [0.3, 0.4) is 0 Å². The maximum atomic E-state index is 13.5. The second-order valence-electron chi connectivity index (χ2n) is 8.48. The molecular formula is C20H28N6O4. The molecule has 1 aliphatic heterocycles. The Morgan fingerprint density at radius 3 is 2.70 bits per heavy atom. The number of methoxy groups -OCH3 is 1. The van der Waals surface area contributed by atoms with Gasteiger partial charge >= 0.3 is 0 Å². The lowest BCUT2D eigenvalue weighted by atomic mass is 9.85. The third-order valence-electron chi connectivity index (χ3n) is 5.18. The molecule has 3 rings (SSSR count). The van der Waals surface area contributed by atoms with E-state index < -0.39 is 23.6 Å². The number of carbonyl (C=O) groups excluding carboxylic acids is 2. The van der Waals surface area contributed by atoms with Crippen LogP contribution in [-0.2, 0) is 9.59 Å². The predicted octanol–water partition coefficient (Wildman–Crippen LogP) is 0.644. The second kappa shape index (κ2) is 8.39. The van der Waals surface area contributed by atoms with Gasteiger partial charge in [0.15, 0.2) is 0 Å². The summed E-state index contributed by atoms with van der Waals surface area (Å²) in [5.74, 6) is 0.00660. The molecule has 1 aliphatic rings. The van der Waals surface area contributed by atoms with E-state index >= 15 is 0 Å². The van der Waals surface area contributed by atoms with Crippen molar-refractivity contribution in [2.45, 2.75) is 45.4 Å². The van der Waals surface area contributed by atoms with Gasteiger partial charge in [0.2, 0.25) is 11.8 Å². The van der Waals surface area contributed by atoms with Gasteiger partial charge in [-0.3, -0.25) is 14.6 Å². The molecule has 2 amide bonds. The maximum Gasteiger partial charge on any atom is 0.248 e. The van der Waals surface area contributed by atoms with E-state index in [0.717, 1.165) is 0 Å². The fourth-order valence-electron chi connectivity index (χ4n) is 3.72. The molecule has 0 unspecified atom stereocenters. The number of aliphatic hydroxyl groups is 1. The number of ether oxygens (including phenoxy) is 1. The number of aromatic nitrogens is 4. The average molecular weight is 416 g/mol. The molecule has 3 atom stereocenters. The molecule has 10 nitrogen and oxygen atoms in total. The van der Waals surface area contributed by atoms with Crippen molar-refractivity contribution in [1.29, 1.82) is 0 Å². The van der Waals surface area contributed by atoms with Gasteiger partial charge in [-0.1, -0.05) is 26.0 Å². The van der Waals surface area contributed by atoms with Crippen molar-refractivity contribution in [2.24, 2.45) is 5.41 Å². The molecule has 2 N–H and O–H groups in total. The van der Waals surface area contributed by atoms with E-state index in [0.29, 0.717) is 17.0 Å². The predicted molar refractivity (Wildman–Crippen MR) is 108 cm³/mol. The summed E-state index contributed by atoms with van der Waals surface area (Å²) in [5, 5.41) is 21.1. The first-order chi connectivity index (χ1) is 14.2. The van der Waals surface area contributed by atoms with Crippen molar-refractivity contribution in [1.82, 2.24) is 30.2 Å². The molecule has 1 saturated heterocycles. The van der Waals surface area contributed by atoms with Crippen LogP contribution < -0.4 is 10.1 Å². The average Bonchev–Trinajstić information content (AvgIpc) is 3.33. The highest BCUT2D eigenvalue weighted by Crippen LogP contribution is 2.35. The number of carbonyl (C=O) groups is 2. The van der Waals surface area contributed by atoms with E-state index in [9.17, 15) is 14.7 Å². The first kappa shape index (κ1) is 21.7. The number of β-amino-alcohol motifs (C(OH)–C–C–N with tert-alkyl or cyclic N) is 1. The lowest BCUT2D eigenvalue weighted by molar-refractivity contribution is -0.144. The Morgan fingerprint density at radius 2 is 2.07 bits per heavy atom. The van der Waals surface area contributed by atoms with Gasteiger partial charge in [-0.05, 0) is 11.5 Å². The summed E-state index contributed by atoms with van der Waals surface area (Å²) >= 11 is 0. The fraction of sp³-hybridized carbons (Fsp3) is 0.550. The van der Waals surface area contributed by atoms with Crippen molar-refractivity contribution in [3.63, 3.8) is 0 Å². The first-order valence-electron chi connectivity index (χ1n) is 9.77. The van der Waals surface area contributed by atoms with Crippen LogP contribution in [0.25, 0.3) is 11.3 Å². The molecule has 30 heavy (non-hydrogen) atoms. The van der Waals surface area contributed by atoms with Crippen molar-refractivity contribution in [3.05, 3.63) is 24.7 Å². The zero-order chi connectivity index (χ0) is 22.1. The molecule has 1 fully saturated rings. The summed E-state index contributed by atoms with van der Waals surface area (Å²) in [7, 11) is 3.07. The Balaban J connectivity index is 1.95. The number of amides is 2. The molecule has 0 radical (unpaired) electrons. The van der Waals surface area contributed by atoms with E-state index in [1.165, 1.54) is 16.6 Å². The number of rotatable bonds is 5. The highest BCUT2D eigenvalue weighted by molar-refractivity contribution is 5.90. The van der Waals surface area contributed by atoms with Crippen LogP contribution in [0.1, 0.15) is 33.2 Å². The Hall–Kier alpha value is -3.01. The topological polar surface area (TPSA) is 122 Å². The molecule has 0 bridgehead atoms. The maximum absolute atomic E-state index is 13.5. The van der Waals surface area contributed by atoms with E-state index in [1.807, 2.05) is 20.8 Å². The normalized spacial score (nSPS) is 20.1. The molecule has 10 heteroatoms. The van der Waals surface area contributed by atoms with Gasteiger partial charge in [-0.2, -0.15) is 0 Å². The van der Waals surface area contributed by atoms with Crippen molar-refractivity contribution in [2.75, 3.05) is 20.7 Å². The van der Waals surface area contributed by atoms with Crippen LogP contribution in [-0.4, -0.2) is 74.6 Å². The molecule has 0 saturated carbocycles. The Labute approximate surface area is 175 Å². The minimum absolute atomic E-state index is 0.102. The van der Waals surface area contributed by atoms with E-state index in [-0.39, 0.29) is 24.8 Å². The van der Waals surface area contributed by atoms with Gasteiger partial charge in [0.05, 0.1) is 25.6 Å². The summed E-state index contributed by atoms with van der Waals surface area (Å²) in [5.41, 5.74) is 0.739. The molecule has 0 aromatic carbocycles. The lowest BCUT2D eigenvalue weighted by Gasteiger charge is -2.34. The molecule has 2 aromatic heterocycles. The smallest absolute Gasteiger partial charge is 0.248 e. The quantitative estimate of drug-likeness (QED) is 0.733. The summed E-state index contributed by atoms with van der Waals surface area (Å²) in [6, 6.07) is 0.357. The number of likely N-dealkylation sites (tertiary alicyclic amines) is 1. The van der Waals surface area contributed by atoms with Gasteiger partial charge in [-0.25, -0.2) is 4.68 Å². The van der Waals surface area contributed by atoms with Crippen molar-refractivity contribution < 1.29 is 19.4 Å². The van der Waals surface area contributed by atoms with E-state index in [2.05, 4.69) is 20.6 Å². The molecule has 2 aromatic rings. The SMILES string of the molecule is CNC(=O)[C@@H]1C[C@@H](O)CN1C(=O)[C@@H](n1cc(-c2cncc(OC)c2)nn1)C(C)(C)C. The minimum Gasteiger partial charge on any atom is -0.495 e. The zero-order valence-electron chi connectivity index (χ0n) is 17.9. The molecular weight excluding hydrogens is 388 g/mol. The summed E-state index contributed by atoms with van der Waals surface area (Å²) < 4.78 is 6.72. The van der Waals surface area contributed by atoms with Crippen LogP contribution in [0, 0.1) is 5.41 Å². The Morgan fingerprint density at radius 1 is 1.33 bits per heavy atom. The van der Waals surface area contributed by atoms with Crippen molar-refractivity contribution in [3.8, 4) is 17.0 Å². The molecule has 162 valence electrons. The van der Waals surface area contributed by atoms with E-state index in [1.54, 1.807) is 31.8 Å². The van der Waals surface area contributed by atoms with Crippen molar-refractivity contribution >= 4 is 11.8 Å². The lowest BCUT2D eigenvalue weighted by Crippen LogP contribution is -2.49. The molecule has 3 heterocycles. The van der Waals surface area contributed by atoms with Gasteiger partial charge in [0.1, 0.15) is 23.5 Å². The van der Waals surface area contributed by atoms with Gasteiger partial charge < -0.3 is 20.1 Å². The number of aliphatic hydroxyl groups excluding tert-OH is 1. The standard InChI is InChI=1S/C20H28N6O4/c1-20(2,3)17(19(29)25-10-13(27)7-16(25)18(28)21-4)26-11-15(23-24-26)12-6-14(30-5)9-22-8-12/h6,8-9,11,13,16-17,27H,7,10H2,1-5H3,(H,21,28)/t13-,16+,17-/m1/s1. The van der Waals surface area contributed by atoms with Crippen LogP contribution in [0.2, 0.25) is 0 Å². The van der Waals surface area contributed by atoms with Gasteiger partial charge in [-0.15, -0.1) is 5.10 Å². The number of hydrogen-bond donors (Lipinski definition) is 2. The zero-order valence-corrected chi connectivity index (χ0v) is 17.9. The summed E-state index contributed by atoms with van der Waals surface area (Å²) in [4.78, 5) is 31.4. The van der Waals surface area contributed by atoms with Crippen LogP contribution in [0.15, 0.2) is 24.7 Å². The second-order valence-corrected chi connectivity index (χ2v) is 8.48. The van der Waals surface area contributed by atoms with Crippen LogP contribution >= 0.6 is 0 Å². The van der Waals surface area contributed by atoms with Crippen LogP contribution in [0.5, 0.6) is 5.75 Å². The first-order valence-corrected chi connectivity index (χ1v) is 9.77. The number of pyridine rings is 1. The molecule has 0 aliphatic carbocycles. The summed E-state index contributed by atoms with van der Waals surface area (Å²) in [6.45, 7) is 5.87. The van der Waals surface area contributed by atoms with Crippen LogP contribution in [0.4, 0.5) is 0 Å². The number of likely N-dealkylation sites (N-methyl/N-ethyl adjacent to an activating group) is 1.